The summed E-state index contributed by atoms with van der Waals surface area (Å²) < 4.78 is 2.32. The van der Waals surface area contributed by atoms with Gasteiger partial charge in [0.15, 0.2) is 4.77 Å². The Labute approximate surface area is 114 Å². The molecule has 0 unspecified atom stereocenters. The van der Waals surface area contributed by atoms with E-state index in [4.69, 9.17) is 12.2 Å². The summed E-state index contributed by atoms with van der Waals surface area (Å²) in [7, 11) is 1.61. The molecular weight excluding hydrogens is 260 g/mol. The Bertz CT molecular complexity index is 833. The Balaban J connectivity index is 2.36. The van der Waals surface area contributed by atoms with Crippen molar-refractivity contribution in [2.24, 2.45) is 0 Å². The minimum atomic E-state index is -0.0853. The van der Waals surface area contributed by atoms with Crippen molar-refractivity contribution in [1.82, 2.24) is 19.9 Å². The third kappa shape index (κ3) is 1.90. The number of para-hydroxylation sites is 1. The van der Waals surface area contributed by atoms with E-state index in [1.54, 1.807) is 17.8 Å². The van der Waals surface area contributed by atoms with E-state index in [1.807, 2.05) is 24.3 Å². The quantitative estimate of drug-likeness (QED) is 0.701. The van der Waals surface area contributed by atoms with E-state index in [0.29, 0.717) is 4.77 Å². The number of aromatic nitrogens is 3. The van der Waals surface area contributed by atoms with Crippen molar-refractivity contribution in [1.29, 1.82) is 0 Å². The number of nitrogens with zero attached hydrogens (tertiary/aromatic N) is 2. The second kappa shape index (κ2) is 4.47. The topological polar surface area (TPSA) is 62.7 Å². The van der Waals surface area contributed by atoms with Gasteiger partial charge in [-0.1, -0.05) is 18.2 Å². The molecule has 2 aromatic heterocycles. The summed E-state index contributed by atoms with van der Waals surface area (Å²) >= 11 is 5.28. The molecular formula is C13H12N4OS. The zero-order chi connectivity index (χ0) is 13.4. The van der Waals surface area contributed by atoms with Gasteiger partial charge in [0.25, 0.3) is 0 Å². The monoisotopic (exact) mass is 272 g/mol. The molecule has 0 atom stereocenters. The maximum atomic E-state index is 11.6. The first-order valence-electron chi connectivity index (χ1n) is 5.87. The van der Waals surface area contributed by atoms with Crippen LogP contribution in [0.5, 0.6) is 0 Å². The summed E-state index contributed by atoms with van der Waals surface area (Å²) in [6, 6.07) is 7.80. The predicted molar refractivity (Wildman–Crippen MR) is 76.5 cm³/mol. The zero-order valence-corrected chi connectivity index (χ0v) is 11.1. The van der Waals surface area contributed by atoms with Gasteiger partial charge in [-0.15, -0.1) is 0 Å². The largest absolute Gasteiger partial charge is 0.358 e. The van der Waals surface area contributed by atoms with Crippen LogP contribution in [0, 0.1) is 4.77 Å². The number of carbonyl (C=O) groups excluding carboxylic acids is 1. The van der Waals surface area contributed by atoms with Crippen LogP contribution in [0.25, 0.3) is 21.9 Å². The summed E-state index contributed by atoms with van der Waals surface area (Å²) in [6.45, 7) is 0.198. The number of carbonyl (C=O) groups is 1. The molecule has 1 aromatic carbocycles. The molecule has 0 radical (unpaired) electrons. The summed E-state index contributed by atoms with van der Waals surface area (Å²) in [4.78, 5) is 19.1. The molecule has 0 saturated carbocycles. The molecule has 0 aliphatic rings. The number of amides is 1. The fourth-order valence-electron chi connectivity index (χ4n) is 2.17. The first-order valence-corrected chi connectivity index (χ1v) is 6.28. The SMILES string of the molecule is CNC(=O)Cn1c(=S)[nH]c2cnc3ccccc3c21. The average Bonchev–Trinajstić information content (AvgIpc) is 2.75. The van der Waals surface area contributed by atoms with Gasteiger partial charge in [0, 0.05) is 12.4 Å². The molecule has 0 aliphatic carbocycles. The number of hydrogen-bond acceptors (Lipinski definition) is 3. The number of likely N-dealkylation sites (N-methyl/N-ethyl adjacent to an activating group) is 1. The summed E-state index contributed by atoms with van der Waals surface area (Å²) in [6.07, 6.45) is 1.74. The van der Waals surface area contributed by atoms with Crippen molar-refractivity contribution in [3.05, 3.63) is 35.2 Å². The lowest BCUT2D eigenvalue weighted by molar-refractivity contribution is -0.121. The fraction of sp³-hybridized carbons (Fsp3) is 0.154. The molecule has 3 aromatic rings. The van der Waals surface area contributed by atoms with E-state index >= 15 is 0 Å². The molecule has 1 amide bonds. The zero-order valence-electron chi connectivity index (χ0n) is 10.3. The number of pyridine rings is 1. The second-order valence-electron chi connectivity index (χ2n) is 4.23. The van der Waals surface area contributed by atoms with Crippen LogP contribution in [-0.2, 0) is 11.3 Å². The fourth-order valence-corrected chi connectivity index (χ4v) is 2.43. The highest BCUT2D eigenvalue weighted by atomic mass is 32.1. The molecule has 5 nitrogen and oxygen atoms in total. The van der Waals surface area contributed by atoms with Crippen LogP contribution >= 0.6 is 12.2 Å². The normalized spacial score (nSPS) is 11.0. The van der Waals surface area contributed by atoms with Gasteiger partial charge in [0.2, 0.25) is 5.91 Å². The number of rotatable bonds is 2. The van der Waals surface area contributed by atoms with Crippen LogP contribution in [0.15, 0.2) is 30.5 Å². The lowest BCUT2D eigenvalue weighted by atomic mass is 10.2. The Kier molecular flexibility index (Phi) is 2.79. The standard InChI is InChI=1S/C13H12N4OS/c1-14-11(18)7-17-12-8-4-2-3-5-9(8)15-6-10(12)16-13(17)19/h2-6H,7H2,1H3,(H,14,18)(H,16,19). The molecule has 0 bridgehead atoms. The molecule has 0 saturated heterocycles. The Hall–Kier alpha value is -2.21. The summed E-state index contributed by atoms with van der Waals surface area (Å²) in [5, 5.41) is 3.59. The molecule has 2 N–H and O–H groups in total. The number of imidazole rings is 1. The highest BCUT2D eigenvalue weighted by Crippen LogP contribution is 2.23. The Morgan fingerprint density at radius 1 is 1.47 bits per heavy atom. The van der Waals surface area contributed by atoms with Crippen molar-refractivity contribution in [2.45, 2.75) is 6.54 Å². The van der Waals surface area contributed by atoms with Gasteiger partial charge in [-0.25, -0.2) is 0 Å². The average molecular weight is 272 g/mol. The van der Waals surface area contributed by atoms with Crippen molar-refractivity contribution in [3.8, 4) is 0 Å². The molecule has 0 spiro atoms. The third-order valence-corrected chi connectivity index (χ3v) is 3.41. The van der Waals surface area contributed by atoms with Gasteiger partial charge in [0.1, 0.15) is 6.54 Å². The van der Waals surface area contributed by atoms with E-state index in [1.165, 1.54) is 0 Å². The number of aromatic amines is 1. The number of hydrogen-bond donors (Lipinski definition) is 2. The lowest BCUT2D eigenvalue weighted by Crippen LogP contribution is -2.23. The molecule has 96 valence electrons. The van der Waals surface area contributed by atoms with Gasteiger partial charge < -0.3 is 14.9 Å². The predicted octanol–water partition coefficient (Wildman–Crippen LogP) is 1.99. The van der Waals surface area contributed by atoms with E-state index in [0.717, 1.165) is 21.9 Å². The van der Waals surface area contributed by atoms with Crippen molar-refractivity contribution >= 4 is 40.1 Å². The van der Waals surface area contributed by atoms with Crippen LogP contribution in [-0.4, -0.2) is 27.5 Å². The van der Waals surface area contributed by atoms with E-state index < -0.39 is 0 Å². The minimum Gasteiger partial charge on any atom is -0.358 e. The van der Waals surface area contributed by atoms with Crippen LogP contribution in [0.2, 0.25) is 0 Å². The van der Waals surface area contributed by atoms with Crippen molar-refractivity contribution in [2.75, 3.05) is 7.05 Å². The Morgan fingerprint density at radius 2 is 2.26 bits per heavy atom. The molecule has 0 aliphatic heterocycles. The maximum absolute atomic E-state index is 11.6. The Morgan fingerprint density at radius 3 is 3.05 bits per heavy atom. The van der Waals surface area contributed by atoms with Crippen molar-refractivity contribution < 1.29 is 4.79 Å². The van der Waals surface area contributed by atoms with Crippen LogP contribution in [0.1, 0.15) is 0 Å². The van der Waals surface area contributed by atoms with E-state index in [-0.39, 0.29) is 12.5 Å². The minimum absolute atomic E-state index is 0.0853. The van der Waals surface area contributed by atoms with Gasteiger partial charge in [-0.05, 0) is 18.3 Å². The smallest absolute Gasteiger partial charge is 0.239 e. The second-order valence-corrected chi connectivity index (χ2v) is 4.61. The number of nitrogens with one attached hydrogen (secondary N) is 2. The van der Waals surface area contributed by atoms with Gasteiger partial charge in [-0.2, -0.15) is 0 Å². The summed E-state index contributed by atoms with van der Waals surface area (Å²) in [5.74, 6) is -0.0853. The van der Waals surface area contributed by atoms with Gasteiger partial charge in [0.05, 0.1) is 22.7 Å². The van der Waals surface area contributed by atoms with Crippen LogP contribution in [0.4, 0.5) is 0 Å². The van der Waals surface area contributed by atoms with E-state index in [9.17, 15) is 4.79 Å². The van der Waals surface area contributed by atoms with Gasteiger partial charge in [-0.3, -0.25) is 9.78 Å². The van der Waals surface area contributed by atoms with Crippen LogP contribution < -0.4 is 5.32 Å². The number of benzene rings is 1. The maximum Gasteiger partial charge on any atom is 0.239 e. The first kappa shape index (κ1) is 11.9. The highest BCUT2D eigenvalue weighted by Gasteiger charge is 2.11. The third-order valence-electron chi connectivity index (χ3n) is 3.08. The number of H-pyrrole nitrogens is 1. The molecule has 19 heavy (non-hydrogen) atoms. The van der Waals surface area contributed by atoms with Crippen LogP contribution in [0.3, 0.4) is 0 Å². The lowest BCUT2D eigenvalue weighted by Gasteiger charge is -2.05. The summed E-state index contributed by atoms with van der Waals surface area (Å²) in [5.41, 5.74) is 2.64. The molecule has 6 heteroatoms. The van der Waals surface area contributed by atoms with Gasteiger partial charge >= 0.3 is 0 Å². The number of fused-ring (bicyclic) bond motifs is 3. The highest BCUT2D eigenvalue weighted by molar-refractivity contribution is 7.71. The van der Waals surface area contributed by atoms with Crippen molar-refractivity contribution in [3.63, 3.8) is 0 Å². The first-order chi connectivity index (χ1) is 9.20. The molecule has 3 rings (SSSR count). The molecule has 0 fully saturated rings. The van der Waals surface area contributed by atoms with E-state index in [2.05, 4.69) is 15.3 Å². The molecule has 2 heterocycles.